The van der Waals surface area contributed by atoms with Gasteiger partial charge in [-0.25, -0.2) is 0 Å². The van der Waals surface area contributed by atoms with Gasteiger partial charge in [-0.1, -0.05) is 42.5 Å². The molecule has 0 bridgehead atoms. The van der Waals surface area contributed by atoms with Gasteiger partial charge in [-0.3, -0.25) is 4.79 Å². The van der Waals surface area contributed by atoms with Crippen molar-refractivity contribution in [2.75, 3.05) is 32.1 Å². The summed E-state index contributed by atoms with van der Waals surface area (Å²) in [5.74, 6) is 0.515. The zero-order valence-electron chi connectivity index (χ0n) is 20.5. The fourth-order valence-electron chi connectivity index (χ4n) is 5.42. The number of fused-ring (bicyclic) bond motifs is 1. The van der Waals surface area contributed by atoms with Crippen molar-refractivity contribution in [3.05, 3.63) is 70.8 Å². The molecule has 35 heavy (non-hydrogen) atoms. The first-order chi connectivity index (χ1) is 16.6. The third-order valence-corrected chi connectivity index (χ3v) is 8.25. The third-order valence-electron chi connectivity index (χ3n) is 7.58. The van der Waals surface area contributed by atoms with Crippen LogP contribution in [0.5, 0.6) is 0 Å². The van der Waals surface area contributed by atoms with Crippen LogP contribution in [0.15, 0.2) is 48.5 Å². The summed E-state index contributed by atoms with van der Waals surface area (Å²) in [4.78, 5) is 17.8. The summed E-state index contributed by atoms with van der Waals surface area (Å²) in [5, 5.41) is 0. The molecule has 2 heterocycles. The molecular formula is C28H34ClF3N2O. The number of piperidine rings is 1. The SMILES string of the molecule is CC(C)(CCl)C(=O)N1CCc2ccccc2C1CCN1CCC(c2cccc(C(F)(F)F)c2)CC1. The van der Waals surface area contributed by atoms with E-state index in [1.165, 1.54) is 23.3 Å². The lowest BCUT2D eigenvalue weighted by atomic mass is 9.86. The summed E-state index contributed by atoms with van der Waals surface area (Å²) in [7, 11) is 0. The maximum absolute atomic E-state index is 13.4. The minimum atomic E-state index is -4.31. The predicted molar refractivity (Wildman–Crippen MR) is 134 cm³/mol. The lowest BCUT2D eigenvalue weighted by molar-refractivity contribution is -0.142. The van der Waals surface area contributed by atoms with E-state index in [0.717, 1.165) is 56.9 Å². The van der Waals surface area contributed by atoms with E-state index in [1.807, 2.05) is 30.9 Å². The summed E-state index contributed by atoms with van der Waals surface area (Å²) in [6.45, 7) is 7.03. The van der Waals surface area contributed by atoms with Crippen LogP contribution in [0.1, 0.15) is 67.3 Å². The van der Waals surface area contributed by atoms with Gasteiger partial charge in [0.25, 0.3) is 0 Å². The lowest BCUT2D eigenvalue weighted by Gasteiger charge is -2.42. The van der Waals surface area contributed by atoms with Crippen molar-refractivity contribution in [1.29, 1.82) is 0 Å². The maximum atomic E-state index is 13.4. The molecule has 1 unspecified atom stereocenters. The largest absolute Gasteiger partial charge is 0.416 e. The Morgan fingerprint density at radius 2 is 1.74 bits per heavy atom. The van der Waals surface area contributed by atoms with E-state index in [2.05, 4.69) is 23.1 Å². The van der Waals surface area contributed by atoms with Gasteiger partial charge in [0.2, 0.25) is 5.91 Å². The first-order valence-corrected chi connectivity index (χ1v) is 13.0. The van der Waals surface area contributed by atoms with Crippen LogP contribution in [0.3, 0.4) is 0 Å². The zero-order chi connectivity index (χ0) is 25.2. The molecule has 2 aromatic carbocycles. The molecule has 2 aliphatic heterocycles. The lowest BCUT2D eigenvalue weighted by Crippen LogP contribution is -2.48. The molecule has 2 aromatic rings. The predicted octanol–water partition coefficient (Wildman–Crippen LogP) is 6.67. The summed E-state index contributed by atoms with van der Waals surface area (Å²) >= 11 is 6.13. The minimum Gasteiger partial charge on any atom is -0.335 e. The smallest absolute Gasteiger partial charge is 0.335 e. The number of halogens is 4. The molecule has 2 aliphatic rings. The van der Waals surface area contributed by atoms with Crippen LogP contribution in [0.4, 0.5) is 13.2 Å². The third kappa shape index (κ3) is 5.86. The van der Waals surface area contributed by atoms with Crippen LogP contribution in [0.25, 0.3) is 0 Å². The number of carbonyl (C=O) groups excluding carboxylic acids is 1. The number of alkyl halides is 4. The Kier molecular flexibility index (Phi) is 7.82. The Labute approximate surface area is 211 Å². The number of likely N-dealkylation sites (tertiary alicyclic amines) is 1. The second-order valence-electron chi connectivity index (χ2n) is 10.5. The highest BCUT2D eigenvalue weighted by atomic mass is 35.5. The molecule has 1 atom stereocenters. The van der Waals surface area contributed by atoms with Gasteiger partial charge in [-0.2, -0.15) is 13.2 Å². The normalized spacial score (nSPS) is 20.1. The van der Waals surface area contributed by atoms with Crippen LogP contribution in [-0.2, 0) is 17.4 Å². The number of carbonyl (C=O) groups is 1. The number of amides is 1. The summed E-state index contributed by atoms with van der Waals surface area (Å²) in [6, 6.07) is 14.2. The highest BCUT2D eigenvalue weighted by Gasteiger charge is 2.38. The Morgan fingerprint density at radius 3 is 2.43 bits per heavy atom. The van der Waals surface area contributed by atoms with Crippen LogP contribution in [-0.4, -0.2) is 47.8 Å². The molecule has 0 N–H and O–H groups in total. The molecule has 0 aromatic heterocycles. The Morgan fingerprint density at radius 1 is 1.03 bits per heavy atom. The first-order valence-electron chi connectivity index (χ1n) is 12.4. The van der Waals surface area contributed by atoms with Crippen molar-refractivity contribution in [2.24, 2.45) is 5.41 Å². The Hall–Kier alpha value is -2.05. The van der Waals surface area contributed by atoms with Crippen LogP contribution < -0.4 is 0 Å². The van der Waals surface area contributed by atoms with Gasteiger partial charge >= 0.3 is 6.18 Å². The average Bonchev–Trinajstić information content (AvgIpc) is 2.86. The van der Waals surface area contributed by atoms with E-state index in [-0.39, 0.29) is 23.7 Å². The van der Waals surface area contributed by atoms with Gasteiger partial charge in [0.1, 0.15) is 0 Å². The van der Waals surface area contributed by atoms with Crippen LogP contribution >= 0.6 is 11.6 Å². The second kappa shape index (κ2) is 10.5. The fraction of sp³-hybridized carbons (Fsp3) is 0.536. The molecule has 4 rings (SSSR count). The average molecular weight is 507 g/mol. The Bertz CT molecular complexity index is 1030. The molecule has 7 heteroatoms. The maximum Gasteiger partial charge on any atom is 0.416 e. The zero-order valence-corrected chi connectivity index (χ0v) is 21.2. The highest BCUT2D eigenvalue weighted by molar-refractivity contribution is 6.19. The van der Waals surface area contributed by atoms with E-state index in [1.54, 1.807) is 0 Å². The summed E-state index contributed by atoms with van der Waals surface area (Å²) in [6.07, 6.45) is -0.960. The number of hydrogen-bond donors (Lipinski definition) is 0. The fourth-order valence-corrected chi connectivity index (χ4v) is 5.53. The van der Waals surface area contributed by atoms with Crippen molar-refractivity contribution >= 4 is 17.5 Å². The van der Waals surface area contributed by atoms with Gasteiger partial charge in [-0.15, -0.1) is 11.6 Å². The van der Waals surface area contributed by atoms with Gasteiger partial charge in [-0.05, 0) is 81.3 Å². The molecule has 1 fully saturated rings. The van der Waals surface area contributed by atoms with Crippen molar-refractivity contribution < 1.29 is 18.0 Å². The molecule has 1 saturated heterocycles. The summed E-state index contributed by atoms with van der Waals surface area (Å²) < 4.78 is 39.4. The Balaban J connectivity index is 1.41. The van der Waals surface area contributed by atoms with Gasteiger partial charge in [0.15, 0.2) is 0 Å². The van der Waals surface area contributed by atoms with Crippen molar-refractivity contribution in [3.8, 4) is 0 Å². The number of nitrogens with zero attached hydrogens (tertiary/aromatic N) is 2. The molecule has 0 saturated carbocycles. The minimum absolute atomic E-state index is 0.0103. The second-order valence-corrected chi connectivity index (χ2v) is 10.8. The topological polar surface area (TPSA) is 23.6 Å². The molecule has 3 nitrogen and oxygen atoms in total. The van der Waals surface area contributed by atoms with E-state index in [9.17, 15) is 18.0 Å². The van der Waals surface area contributed by atoms with Gasteiger partial charge < -0.3 is 9.80 Å². The standard InChI is InChI=1S/C28H34ClF3N2O/c1-27(2,19-29)26(35)34-17-12-21-6-3-4-9-24(21)25(34)13-16-33-14-10-20(11-15-33)22-7-5-8-23(18-22)28(30,31)32/h3-9,18,20,25H,10-17,19H2,1-2H3. The number of benzene rings is 2. The van der Waals surface area contributed by atoms with E-state index < -0.39 is 17.2 Å². The van der Waals surface area contributed by atoms with Gasteiger partial charge in [0.05, 0.1) is 17.0 Å². The number of rotatable bonds is 6. The first kappa shape index (κ1) is 26.0. The number of hydrogen-bond acceptors (Lipinski definition) is 2. The molecule has 1 amide bonds. The van der Waals surface area contributed by atoms with Gasteiger partial charge in [0, 0.05) is 19.0 Å². The molecule has 0 aliphatic carbocycles. The quantitative estimate of drug-likeness (QED) is 0.409. The molecule has 0 radical (unpaired) electrons. The van der Waals surface area contributed by atoms with Crippen molar-refractivity contribution in [2.45, 2.75) is 57.7 Å². The van der Waals surface area contributed by atoms with E-state index in [0.29, 0.717) is 6.54 Å². The highest BCUT2D eigenvalue weighted by Crippen LogP contribution is 2.37. The monoisotopic (exact) mass is 506 g/mol. The van der Waals surface area contributed by atoms with Crippen LogP contribution in [0.2, 0.25) is 0 Å². The van der Waals surface area contributed by atoms with E-state index in [4.69, 9.17) is 11.6 Å². The van der Waals surface area contributed by atoms with Crippen LogP contribution in [0, 0.1) is 5.41 Å². The molecule has 0 spiro atoms. The molecular weight excluding hydrogens is 473 g/mol. The van der Waals surface area contributed by atoms with Crippen molar-refractivity contribution in [1.82, 2.24) is 9.80 Å². The van der Waals surface area contributed by atoms with E-state index >= 15 is 0 Å². The molecule has 190 valence electrons. The van der Waals surface area contributed by atoms with Crippen molar-refractivity contribution in [3.63, 3.8) is 0 Å². The summed E-state index contributed by atoms with van der Waals surface area (Å²) in [5.41, 5.74) is 2.11.